The highest BCUT2D eigenvalue weighted by molar-refractivity contribution is 5.76. The third-order valence-electron chi connectivity index (χ3n) is 13.4. The average Bonchev–Trinajstić information content (AvgIpc) is 3.33. The standard InChI is InChI=1S/C63H115NO3/c1-3-5-7-9-11-13-15-17-19-21-23-25-27-29-31-33-34-36-38-40-42-44-46-48-50-52-54-56-58-62(66)61(60-65)64-63(67)59-57-55-53-51-49-47-45-43-41-39-37-35-32-30-28-26-24-22-20-18-16-14-12-10-8-6-4-2/h16,18,22,24,28,30,40,42,48,50,56,58,61-62,65-66H,3-15,17,19-21,23,25-27,29,31-39,41,43-47,49,51-55,57,59-60H2,1-2H3,(H,64,67)/b18-16-,24-22-,30-28-,42-40+,50-48+,58-56+. The van der Waals surface area contributed by atoms with E-state index in [1.165, 1.54) is 231 Å². The Kier molecular flexibility index (Phi) is 56.3. The van der Waals surface area contributed by atoms with E-state index >= 15 is 0 Å². The predicted molar refractivity (Wildman–Crippen MR) is 299 cm³/mol. The van der Waals surface area contributed by atoms with Crippen LogP contribution >= 0.6 is 0 Å². The molecule has 3 N–H and O–H groups in total. The second kappa shape index (κ2) is 58.1. The van der Waals surface area contributed by atoms with Gasteiger partial charge in [0.25, 0.3) is 0 Å². The third kappa shape index (κ3) is 54.6. The number of amides is 1. The summed E-state index contributed by atoms with van der Waals surface area (Å²) in [6, 6.07) is -0.651. The van der Waals surface area contributed by atoms with Crippen molar-refractivity contribution in [3.8, 4) is 0 Å². The number of carbonyl (C=O) groups excluding carboxylic acids is 1. The number of aliphatic hydroxyl groups is 2. The predicted octanol–water partition coefficient (Wildman–Crippen LogP) is 19.8. The molecule has 0 saturated carbocycles. The van der Waals surface area contributed by atoms with Crippen LogP contribution in [0.25, 0.3) is 0 Å². The lowest BCUT2D eigenvalue weighted by Gasteiger charge is -2.19. The minimum Gasteiger partial charge on any atom is -0.394 e. The van der Waals surface area contributed by atoms with Crippen LogP contribution in [0.5, 0.6) is 0 Å². The van der Waals surface area contributed by atoms with Gasteiger partial charge in [0.15, 0.2) is 0 Å². The molecule has 67 heavy (non-hydrogen) atoms. The van der Waals surface area contributed by atoms with Gasteiger partial charge in [-0.25, -0.2) is 0 Å². The van der Waals surface area contributed by atoms with Gasteiger partial charge in [0, 0.05) is 6.42 Å². The Morgan fingerprint density at radius 1 is 0.358 bits per heavy atom. The Morgan fingerprint density at radius 2 is 0.627 bits per heavy atom. The molecule has 0 spiro atoms. The smallest absolute Gasteiger partial charge is 0.220 e. The van der Waals surface area contributed by atoms with Crippen LogP contribution in [0, 0.1) is 0 Å². The molecule has 1 amide bonds. The summed E-state index contributed by atoms with van der Waals surface area (Å²) in [7, 11) is 0. The van der Waals surface area contributed by atoms with E-state index in [9.17, 15) is 15.0 Å². The van der Waals surface area contributed by atoms with Crippen molar-refractivity contribution in [2.24, 2.45) is 0 Å². The lowest BCUT2D eigenvalue weighted by atomic mass is 10.0. The molecular weight excluding hydrogens is 819 g/mol. The van der Waals surface area contributed by atoms with Gasteiger partial charge in [-0.05, 0) is 83.5 Å². The van der Waals surface area contributed by atoms with Gasteiger partial charge in [-0.15, -0.1) is 0 Å². The van der Waals surface area contributed by atoms with Crippen molar-refractivity contribution < 1.29 is 15.0 Å². The molecule has 0 aliphatic heterocycles. The van der Waals surface area contributed by atoms with Crippen molar-refractivity contribution in [2.45, 2.75) is 315 Å². The van der Waals surface area contributed by atoms with E-state index < -0.39 is 12.1 Å². The van der Waals surface area contributed by atoms with Crippen LogP contribution < -0.4 is 5.32 Å². The van der Waals surface area contributed by atoms with Gasteiger partial charge in [-0.2, -0.15) is 0 Å². The highest BCUT2D eigenvalue weighted by Gasteiger charge is 2.18. The molecule has 0 aromatic heterocycles. The van der Waals surface area contributed by atoms with Gasteiger partial charge in [0.1, 0.15) is 0 Å². The molecule has 0 aliphatic carbocycles. The number of rotatable bonds is 54. The van der Waals surface area contributed by atoms with E-state index in [2.05, 4.69) is 79.9 Å². The molecule has 2 unspecified atom stereocenters. The summed E-state index contributed by atoms with van der Waals surface area (Å²) in [5, 5.41) is 23.2. The topological polar surface area (TPSA) is 69.6 Å². The first-order chi connectivity index (χ1) is 33.2. The molecule has 4 nitrogen and oxygen atoms in total. The monoisotopic (exact) mass is 934 g/mol. The number of aliphatic hydroxyl groups excluding tert-OH is 2. The zero-order valence-electron chi connectivity index (χ0n) is 44.9. The zero-order valence-corrected chi connectivity index (χ0v) is 44.9. The molecule has 0 radical (unpaired) electrons. The van der Waals surface area contributed by atoms with Gasteiger partial charge in [0.2, 0.25) is 5.91 Å². The number of unbranched alkanes of at least 4 members (excludes halogenated alkanes) is 37. The molecule has 0 aromatic carbocycles. The van der Waals surface area contributed by atoms with Crippen molar-refractivity contribution in [3.63, 3.8) is 0 Å². The van der Waals surface area contributed by atoms with Crippen LogP contribution in [-0.4, -0.2) is 34.9 Å². The second-order valence-corrected chi connectivity index (χ2v) is 20.0. The quantitative estimate of drug-likeness (QED) is 0.0420. The summed E-state index contributed by atoms with van der Waals surface area (Å²) in [5.74, 6) is -0.0792. The van der Waals surface area contributed by atoms with E-state index in [0.717, 1.165) is 51.4 Å². The van der Waals surface area contributed by atoms with Crippen LogP contribution in [-0.2, 0) is 4.79 Å². The average molecular weight is 935 g/mol. The summed E-state index contributed by atoms with van der Waals surface area (Å²) >= 11 is 0. The van der Waals surface area contributed by atoms with Crippen LogP contribution in [0.4, 0.5) is 0 Å². The SMILES string of the molecule is CCCCCCC/C=C\C/C=C\C/C=C\CCCCCCCCCCCCCCC(=O)NC(CO)C(O)/C=C/CC/C=C/CC/C=C/CCCCCCCCCCCCCCCCCCCC. The maximum Gasteiger partial charge on any atom is 0.220 e. The number of hydrogen-bond donors (Lipinski definition) is 3. The summed E-state index contributed by atoms with van der Waals surface area (Å²) in [6.45, 7) is 4.30. The lowest BCUT2D eigenvalue weighted by Crippen LogP contribution is -2.45. The molecule has 0 heterocycles. The third-order valence-corrected chi connectivity index (χ3v) is 13.4. The first kappa shape index (κ1) is 64.8. The number of allylic oxidation sites excluding steroid dienone is 11. The van der Waals surface area contributed by atoms with Crippen LogP contribution in [0.3, 0.4) is 0 Å². The minimum atomic E-state index is -0.876. The molecular formula is C63H115NO3. The van der Waals surface area contributed by atoms with Crippen molar-refractivity contribution in [1.29, 1.82) is 0 Å². The number of nitrogens with one attached hydrogen (secondary N) is 1. The first-order valence-electron chi connectivity index (χ1n) is 29.7. The summed E-state index contributed by atoms with van der Waals surface area (Å²) in [5.41, 5.74) is 0. The van der Waals surface area contributed by atoms with Crippen LogP contribution in [0.15, 0.2) is 72.9 Å². The van der Waals surface area contributed by atoms with Gasteiger partial charge >= 0.3 is 0 Å². The highest BCUT2D eigenvalue weighted by atomic mass is 16.3. The molecule has 0 fully saturated rings. The minimum absolute atomic E-state index is 0.0792. The van der Waals surface area contributed by atoms with E-state index in [4.69, 9.17) is 0 Å². The van der Waals surface area contributed by atoms with Crippen molar-refractivity contribution >= 4 is 5.91 Å². The molecule has 390 valence electrons. The lowest BCUT2D eigenvalue weighted by molar-refractivity contribution is -0.123. The second-order valence-electron chi connectivity index (χ2n) is 20.0. The molecule has 0 rings (SSSR count). The van der Waals surface area contributed by atoms with Crippen molar-refractivity contribution in [2.75, 3.05) is 6.61 Å². The molecule has 2 atom stereocenters. The van der Waals surface area contributed by atoms with Gasteiger partial charge in [-0.1, -0.05) is 286 Å². The summed E-state index contributed by atoms with van der Waals surface area (Å²) in [6.07, 6.45) is 83.6. The highest BCUT2D eigenvalue weighted by Crippen LogP contribution is 2.16. The summed E-state index contributed by atoms with van der Waals surface area (Å²) in [4.78, 5) is 12.5. The van der Waals surface area contributed by atoms with Gasteiger partial charge < -0.3 is 15.5 Å². The summed E-state index contributed by atoms with van der Waals surface area (Å²) < 4.78 is 0. The Labute approximate surface area is 419 Å². The maximum atomic E-state index is 12.5. The number of hydrogen-bond acceptors (Lipinski definition) is 3. The molecule has 4 heteroatoms. The van der Waals surface area contributed by atoms with E-state index in [0.29, 0.717) is 6.42 Å². The maximum absolute atomic E-state index is 12.5. The van der Waals surface area contributed by atoms with E-state index in [1.807, 2.05) is 6.08 Å². The Hall–Kier alpha value is -2.17. The molecule has 0 aliphatic rings. The fourth-order valence-electron chi connectivity index (χ4n) is 8.87. The molecule has 0 bridgehead atoms. The Balaban J connectivity index is 3.57. The van der Waals surface area contributed by atoms with Crippen LogP contribution in [0.2, 0.25) is 0 Å². The van der Waals surface area contributed by atoms with Gasteiger partial charge in [0.05, 0.1) is 18.8 Å². The number of carbonyl (C=O) groups is 1. The first-order valence-corrected chi connectivity index (χ1v) is 29.7. The fraction of sp³-hybridized carbons (Fsp3) is 0.794. The van der Waals surface area contributed by atoms with E-state index in [1.54, 1.807) is 6.08 Å². The van der Waals surface area contributed by atoms with Crippen molar-refractivity contribution in [1.82, 2.24) is 5.32 Å². The Morgan fingerprint density at radius 3 is 0.970 bits per heavy atom. The molecule has 0 aromatic rings. The van der Waals surface area contributed by atoms with Crippen molar-refractivity contribution in [3.05, 3.63) is 72.9 Å². The van der Waals surface area contributed by atoms with Crippen LogP contribution in [0.1, 0.15) is 303 Å². The largest absolute Gasteiger partial charge is 0.394 e. The molecule has 0 saturated heterocycles. The normalized spacial score (nSPS) is 13.3. The van der Waals surface area contributed by atoms with E-state index in [-0.39, 0.29) is 12.5 Å². The zero-order chi connectivity index (χ0) is 48.5. The Bertz CT molecular complexity index is 1150. The van der Waals surface area contributed by atoms with Gasteiger partial charge in [-0.3, -0.25) is 4.79 Å². The fourth-order valence-corrected chi connectivity index (χ4v) is 8.87.